The van der Waals surface area contributed by atoms with Crippen LogP contribution in [-0.2, 0) is 12.0 Å². The highest BCUT2D eigenvalue weighted by atomic mass is 127. The molecule has 7 heteroatoms. The van der Waals surface area contributed by atoms with Gasteiger partial charge in [-0.05, 0) is 12.1 Å². The summed E-state index contributed by atoms with van der Waals surface area (Å²) in [7, 11) is 1.79. The van der Waals surface area contributed by atoms with Crippen molar-refractivity contribution in [2.24, 2.45) is 4.99 Å². The van der Waals surface area contributed by atoms with Gasteiger partial charge in [0.25, 0.3) is 0 Å². The molecule has 1 aromatic heterocycles. The Bertz CT molecular complexity index is 651. The molecule has 1 aromatic carbocycles. The zero-order valence-corrected chi connectivity index (χ0v) is 19.2. The van der Waals surface area contributed by atoms with E-state index >= 15 is 0 Å². The molecular weight excluding hydrogens is 463 g/mol. The number of hydrogen-bond donors (Lipinski definition) is 2. The average Bonchev–Trinajstić information content (AvgIpc) is 3.04. The number of hydrogen-bond acceptors (Lipinski definition) is 4. The van der Waals surface area contributed by atoms with Crippen molar-refractivity contribution in [2.45, 2.75) is 37.6 Å². The lowest BCUT2D eigenvalue weighted by Crippen LogP contribution is -2.37. The van der Waals surface area contributed by atoms with Crippen molar-refractivity contribution in [3.8, 4) is 0 Å². The summed E-state index contributed by atoms with van der Waals surface area (Å²) in [6.45, 7) is 8.12. The quantitative estimate of drug-likeness (QED) is 0.206. The van der Waals surface area contributed by atoms with Crippen molar-refractivity contribution in [3.63, 3.8) is 0 Å². The first-order valence-electron chi connectivity index (χ1n) is 8.06. The number of benzene rings is 1. The maximum Gasteiger partial charge on any atom is 0.191 e. The van der Waals surface area contributed by atoms with Crippen LogP contribution in [0.15, 0.2) is 45.6 Å². The van der Waals surface area contributed by atoms with E-state index < -0.39 is 0 Å². The fourth-order valence-electron chi connectivity index (χ4n) is 1.97. The third kappa shape index (κ3) is 7.96. The molecule has 0 amide bonds. The number of thioether (sulfide) groups is 1. The highest BCUT2D eigenvalue weighted by Crippen LogP contribution is 2.23. The highest BCUT2D eigenvalue weighted by Gasteiger charge is 2.17. The first kappa shape index (κ1) is 22.2. The number of nitrogens with zero attached hydrogens (tertiary/aromatic N) is 2. The van der Waals surface area contributed by atoms with Gasteiger partial charge in [0.1, 0.15) is 5.01 Å². The summed E-state index contributed by atoms with van der Waals surface area (Å²) >= 11 is 3.53. The maximum atomic E-state index is 4.69. The van der Waals surface area contributed by atoms with Crippen molar-refractivity contribution in [1.29, 1.82) is 0 Å². The van der Waals surface area contributed by atoms with Crippen LogP contribution >= 0.6 is 47.1 Å². The summed E-state index contributed by atoms with van der Waals surface area (Å²) < 4.78 is 0. The van der Waals surface area contributed by atoms with E-state index in [0.29, 0.717) is 6.54 Å². The minimum Gasteiger partial charge on any atom is -0.356 e. The average molecular weight is 490 g/mol. The second kappa shape index (κ2) is 11.0. The highest BCUT2D eigenvalue weighted by molar-refractivity contribution is 14.0. The molecule has 0 saturated heterocycles. The van der Waals surface area contributed by atoms with E-state index in [1.807, 2.05) is 17.8 Å². The van der Waals surface area contributed by atoms with E-state index in [0.717, 1.165) is 29.0 Å². The van der Waals surface area contributed by atoms with Crippen molar-refractivity contribution < 1.29 is 0 Å². The lowest BCUT2D eigenvalue weighted by Gasteiger charge is -2.14. The van der Waals surface area contributed by atoms with Crippen LogP contribution < -0.4 is 10.6 Å². The molecule has 2 rings (SSSR count). The summed E-state index contributed by atoms with van der Waals surface area (Å²) in [6, 6.07) is 10.4. The summed E-state index contributed by atoms with van der Waals surface area (Å²) in [5.74, 6) is 1.81. The first-order valence-corrected chi connectivity index (χ1v) is 9.93. The zero-order valence-electron chi connectivity index (χ0n) is 15.2. The number of rotatable bonds is 6. The number of thiazole rings is 1. The Morgan fingerprint density at radius 2 is 1.92 bits per heavy atom. The Morgan fingerprint density at radius 1 is 1.20 bits per heavy atom. The molecule has 138 valence electrons. The fourth-order valence-corrected chi connectivity index (χ4v) is 3.72. The molecule has 25 heavy (non-hydrogen) atoms. The summed E-state index contributed by atoms with van der Waals surface area (Å²) in [5, 5.41) is 9.90. The van der Waals surface area contributed by atoms with Crippen molar-refractivity contribution >= 4 is 53.0 Å². The Kier molecular flexibility index (Phi) is 9.81. The van der Waals surface area contributed by atoms with Crippen LogP contribution in [0.4, 0.5) is 0 Å². The second-order valence-corrected chi connectivity index (χ2v) is 8.50. The molecule has 0 atom stereocenters. The Hall–Kier alpha value is -0.800. The molecule has 0 spiro atoms. The minimum absolute atomic E-state index is 0. The first-order chi connectivity index (χ1) is 11.5. The molecule has 2 N–H and O–H groups in total. The van der Waals surface area contributed by atoms with Crippen LogP contribution in [0, 0.1) is 0 Å². The van der Waals surface area contributed by atoms with Crippen LogP contribution in [0.1, 0.15) is 31.5 Å². The molecule has 0 fully saturated rings. The Morgan fingerprint density at radius 3 is 2.52 bits per heavy atom. The molecule has 0 aliphatic rings. The predicted molar refractivity (Wildman–Crippen MR) is 122 cm³/mol. The fraction of sp³-hybridized carbons (Fsp3) is 0.444. The topological polar surface area (TPSA) is 49.3 Å². The number of nitrogens with one attached hydrogen (secondary N) is 2. The molecule has 4 nitrogen and oxygen atoms in total. The van der Waals surface area contributed by atoms with E-state index in [4.69, 9.17) is 4.98 Å². The zero-order chi connectivity index (χ0) is 17.4. The number of halogens is 1. The van der Waals surface area contributed by atoms with Crippen LogP contribution in [0.5, 0.6) is 0 Å². The van der Waals surface area contributed by atoms with Gasteiger partial charge in [-0.25, -0.2) is 4.98 Å². The lowest BCUT2D eigenvalue weighted by molar-refractivity contribution is 0.570. The van der Waals surface area contributed by atoms with E-state index in [1.165, 1.54) is 4.90 Å². The predicted octanol–water partition coefficient (Wildman–Crippen LogP) is 4.52. The third-order valence-electron chi connectivity index (χ3n) is 3.36. The molecule has 1 heterocycles. The molecule has 0 saturated carbocycles. The minimum atomic E-state index is 0. The van der Waals surface area contributed by atoms with Crippen LogP contribution in [0.2, 0.25) is 0 Å². The van der Waals surface area contributed by atoms with Gasteiger partial charge in [0.2, 0.25) is 0 Å². The molecule has 0 unspecified atom stereocenters. The van der Waals surface area contributed by atoms with Gasteiger partial charge in [-0.15, -0.1) is 47.1 Å². The largest absolute Gasteiger partial charge is 0.356 e. The number of aliphatic imine (C=N–C) groups is 1. The summed E-state index contributed by atoms with van der Waals surface area (Å²) in [5.41, 5.74) is 1.25. The van der Waals surface area contributed by atoms with Gasteiger partial charge in [0, 0.05) is 35.0 Å². The normalized spacial score (nSPS) is 11.8. The SMILES string of the molecule is CN=C(NCCSc1ccccc1)NCc1nc(C(C)(C)C)cs1.I. The summed E-state index contributed by atoms with van der Waals surface area (Å²) in [4.78, 5) is 10.2. The van der Waals surface area contributed by atoms with Crippen molar-refractivity contribution in [1.82, 2.24) is 15.6 Å². The van der Waals surface area contributed by atoms with Crippen LogP contribution in [0.3, 0.4) is 0 Å². The van der Waals surface area contributed by atoms with Crippen molar-refractivity contribution in [2.75, 3.05) is 19.3 Å². The van der Waals surface area contributed by atoms with E-state index in [1.54, 1.807) is 18.4 Å². The summed E-state index contributed by atoms with van der Waals surface area (Å²) in [6.07, 6.45) is 0. The smallest absolute Gasteiger partial charge is 0.191 e. The van der Waals surface area contributed by atoms with Gasteiger partial charge in [-0.3, -0.25) is 4.99 Å². The molecule has 0 aliphatic heterocycles. The monoisotopic (exact) mass is 490 g/mol. The van der Waals surface area contributed by atoms with Crippen molar-refractivity contribution in [3.05, 3.63) is 46.4 Å². The number of aromatic nitrogens is 1. The van der Waals surface area contributed by atoms with Crippen LogP contribution in [0.25, 0.3) is 0 Å². The molecule has 0 aliphatic carbocycles. The van der Waals surface area contributed by atoms with Gasteiger partial charge < -0.3 is 10.6 Å². The third-order valence-corrected chi connectivity index (χ3v) is 5.22. The number of guanidine groups is 1. The van der Waals surface area contributed by atoms with Gasteiger partial charge in [0.15, 0.2) is 5.96 Å². The lowest BCUT2D eigenvalue weighted by atomic mass is 9.93. The standard InChI is InChI=1S/C18H26N4S2.HI/c1-18(2,3)15-13-24-16(22-15)12-21-17(19-4)20-10-11-23-14-8-6-5-7-9-14;/h5-9,13H,10-12H2,1-4H3,(H2,19,20,21);1H. The molecule has 2 aromatic rings. The second-order valence-electron chi connectivity index (χ2n) is 6.39. The van der Waals surface area contributed by atoms with E-state index in [2.05, 4.69) is 66.0 Å². The maximum absolute atomic E-state index is 4.69. The van der Waals surface area contributed by atoms with Crippen LogP contribution in [-0.4, -0.2) is 30.3 Å². The molecule has 0 bridgehead atoms. The Balaban J connectivity index is 0.00000312. The molecular formula is C18H27IN4S2. The molecule has 0 radical (unpaired) electrons. The Labute approximate surface area is 176 Å². The van der Waals surface area contributed by atoms with Gasteiger partial charge >= 0.3 is 0 Å². The van der Waals surface area contributed by atoms with E-state index in [-0.39, 0.29) is 29.4 Å². The van der Waals surface area contributed by atoms with Gasteiger partial charge in [0.05, 0.1) is 12.2 Å². The van der Waals surface area contributed by atoms with Gasteiger partial charge in [-0.2, -0.15) is 0 Å². The van der Waals surface area contributed by atoms with Gasteiger partial charge in [-0.1, -0.05) is 39.0 Å². The van der Waals surface area contributed by atoms with E-state index in [9.17, 15) is 0 Å².